The number of carbonyl (C=O) groups is 3. The van der Waals surface area contributed by atoms with Gasteiger partial charge in [-0.05, 0) is 48.0 Å². The predicted octanol–water partition coefficient (Wildman–Crippen LogP) is 2.23. The van der Waals surface area contributed by atoms with Gasteiger partial charge < -0.3 is 20.4 Å². The van der Waals surface area contributed by atoms with Gasteiger partial charge in [-0.3, -0.25) is 9.59 Å². The van der Waals surface area contributed by atoms with Gasteiger partial charge in [0.05, 0.1) is 22.8 Å². The summed E-state index contributed by atoms with van der Waals surface area (Å²) < 4.78 is 5.71. The Hall–Kier alpha value is -4.13. The van der Waals surface area contributed by atoms with E-state index in [0.717, 1.165) is 4.90 Å². The number of anilines is 2. The van der Waals surface area contributed by atoms with E-state index in [1.807, 2.05) is 0 Å². The van der Waals surface area contributed by atoms with Crippen molar-refractivity contribution >= 4 is 29.2 Å². The van der Waals surface area contributed by atoms with Gasteiger partial charge in [0.25, 0.3) is 11.8 Å². The highest BCUT2D eigenvalue weighted by molar-refractivity contribution is 6.34. The summed E-state index contributed by atoms with van der Waals surface area (Å²) >= 11 is 0. The molecule has 0 spiro atoms. The molecule has 0 atom stereocenters. The van der Waals surface area contributed by atoms with E-state index in [4.69, 9.17) is 10.5 Å². The Morgan fingerprint density at radius 2 is 1.57 bits per heavy atom. The molecule has 28 heavy (non-hydrogen) atoms. The minimum absolute atomic E-state index is 0.125. The van der Waals surface area contributed by atoms with E-state index in [1.54, 1.807) is 30.3 Å². The van der Waals surface area contributed by atoms with Crippen LogP contribution in [-0.2, 0) is 0 Å². The largest absolute Gasteiger partial charge is 0.545 e. The van der Waals surface area contributed by atoms with Gasteiger partial charge >= 0.3 is 0 Å². The Labute approximate surface area is 159 Å². The molecule has 4 rings (SSSR count). The molecule has 2 amide bonds. The van der Waals surface area contributed by atoms with Crippen LogP contribution < -0.4 is 20.5 Å². The predicted molar refractivity (Wildman–Crippen MR) is 99.3 cm³/mol. The number of nitrogen functional groups attached to an aromatic ring is 1. The standard InChI is InChI=1S/C21H14N2O5/c22-13-4-2-6-15(10-13)28-16-7-8-17-18(11-16)20(25)23(19(17)24)14-5-1-3-12(9-14)21(26)27/h1-11H,22H2,(H,26,27)/p-1. The van der Waals surface area contributed by atoms with Crippen molar-refractivity contribution in [3.8, 4) is 11.5 Å². The maximum atomic E-state index is 12.8. The SMILES string of the molecule is Nc1cccc(Oc2ccc3c(c2)C(=O)N(c2cccc(C(=O)[O-])c2)C3=O)c1. The van der Waals surface area contributed by atoms with Crippen LogP contribution in [0.1, 0.15) is 31.1 Å². The fourth-order valence-corrected chi connectivity index (χ4v) is 3.00. The molecule has 0 fully saturated rings. The first kappa shape index (κ1) is 17.3. The van der Waals surface area contributed by atoms with Gasteiger partial charge in [-0.1, -0.05) is 18.2 Å². The molecule has 0 saturated carbocycles. The van der Waals surface area contributed by atoms with Gasteiger partial charge in [0.15, 0.2) is 0 Å². The van der Waals surface area contributed by atoms with Crippen LogP contribution in [0.15, 0.2) is 66.7 Å². The number of carboxylic acids is 1. The molecule has 0 aliphatic carbocycles. The second-order valence-electron chi connectivity index (χ2n) is 6.17. The molecule has 0 aromatic heterocycles. The molecule has 1 aliphatic heterocycles. The van der Waals surface area contributed by atoms with Crippen molar-refractivity contribution < 1.29 is 24.2 Å². The number of rotatable bonds is 4. The molecule has 0 saturated heterocycles. The van der Waals surface area contributed by atoms with E-state index in [1.165, 1.54) is 36.4 Å². The highest BCUT2D eigenvalue weighted by Gasteiger charge is 2.37. The molecule has 3 aromatic rings. The number of imide groups is 1. The lowest BCUT2D eigenvalue weighted by Gasteiger charge is -2.15. The van der Waals surface area contributed by atoms with Crippen molar-refractivity contribution in [2.24, 2.45) is 0 Å². The van der Waals surface area contributed by atoms with Gasteiger partial charge in [-0.25, -0.2) is 4.90 Å². The summed E-state index contributed by atoms with van der Waals surface area (Å²) in [5, 5.41) is 11.1. The molecular formula is C21H13N2O5-. The van der Waals surface area contributed by atoms with Crippen LogP contribution in [0.3, 0.4) is 0 Å². The third-order valence-electron chi connectivity index (χ3n) is 4.29. The summed E-state index contributed by atoms with van der Waals surface area (Å²) in [7, 11) is 0. The van der Waals surface area contributed by atoms with Crippen LogP contribution in [0.5, 0.6) is 11.5 Å². The van der Waals surface area contributed by atoms with Crippen LogP contribution in [0.4, 0.5) is 11.4 Å². The van der Waals surface area contributed by atoms with Crippen LogP contribution in [-0.4, -0.2) is 17.8 Å². The highest BCUT2D eigenvalue weighted by Crippen LogP contribution is 2.32. The normalized spacial score (nSPS) is 12.8. The Morgan fingerprint density at radius 1 is 0.857 bits per heavy atom. The number of nitrogens with zero attached hydrogens (tertiary/aromatic N) is 1. The van der Waals surface area contributed by atoms with Gasteiger partial charge in [-0.2, -0.15) is 0 Å². The fourth-order valence-electron chi connectivity index (χ4n) is 3.00. The number of ether oxygens (including phenoxy) is 1. The van der Waals surface area contributed by atoms with Crippen molar-refractivity contribution in [3.63, 3.8) is 0 Å². The molecule has 138 valence electrons. The molecule has 7 nitrogen and oxygen atoms in total. The van der Waals surface area contributed by atoms with Crippen LogP contribution in [0.2, 0.25) is 0 Å². The van der Waals surface area contributed by atoms with E-state index in [-0.39, 0.29) is 22.4 Å². The summed E-state index contributed by atoms with van der Waals surface area (Å²) in [6, 6.07) is 16.8. The number of hydrogen-bond acceptors (Lipinski definition) is 6. The summed E-state index contributed by atoms with van der Waals surface area (Å²) in [5.41, 5.74) is 6.68. The van der Waals surface area contributed by atoms with Gasteiger partial charge in [0.2, 0.25) is 0 Å². The lowest BCUT2D eigenvalue weighted by atomic mass is 10.1. The van der Waals surface area contributed by atoms with E-state index >= 15 is 0 Å². The quantitative estimate of drug-likeness (QED) is 0.554. The zero-order valence-electron chi connectivity index (χ0n) is 14.4. The molecule has 0 unspecified atom stereocenters. The lowest BCUT2D eigenvalue weighted by molar-refractivity contribution is -0.255. The van der Waals surface area contributed by atoms with E-state index in [2.05, 4.69) is 0 Å². The van der Waals surface area contributed by atoms with Crippen molar-refractivity contribution in [1.82, 2.24) is 0 Å². The monoisotopic (exact) mass is 373 g/mol. The Kier molecular flexibility index (Phi) is 4.04. The molecule has 1 heterocycles. The van der Waals surface area contributed by atoms with Crippen molar-refractivity contribution in [2.45, 2.75) is 0 Å². The first-order valence-electron chi connectivity index (χ1n) is 8.32. The van der Waals surface area contributed by atoms with Crippen LogP contribution in [0.25, 0.3) is 0 Å². The molecule has 7 heteroatoms. The summed E-state index contributed by atoms with van der Waals surface area (Å²) in [4.78, 5) is 37.5. The van der Waals surface area contributed by atoms with Crippen LogP contribution in [0, 0.1) is 0 Å². The van der Waals surface area contributed by atoms with Gasteiger partial charge in [-0.15, -0.1) is 0 Å². The maximum Gasteiger partial charge on any atom is 0.266 e. The lowest BCUT2D eigenvalue weighted by Crippen LogP contribution is -2.30. The van der Waals surface area contributed by atoms with E-state index in [0.29, 0.717) is 17.2 Å². The summed E-state index contributed by atoms with van der Waals surface area (Å²) in [5.74, 6) is -1.62. The van der Waals surface area contributed by atoms with Crippen molar-refractivity contribution in [1.29, 1.82) is 0 Å². The Morgan fingerprint density at radius 3 is 2.32 bits per heavy atom. The second kappa shape index (κ2) is 6.55. The van der Waals surface area contributed by atoms with Crippen molar-refractivity contribution in [3.05, 3.63) is 83.4 Å². The number of amides is 2. The minimum atomic E-state index is -1.39. The molecule has 3 aromatic carbocycles. The zero-order valence-corrected chi connectivity index (χ0v) is 14.4. The minimum Gasteiger partial charge on any atom is -0.545 e. The number of nitrogens with two attached hydrogens (primary N) is 1. The van der Waals surface area contributed by atoms with Crippen molar-refractivity contribution in [2.75, 3.05) is 10.6 Å². The number of aromatic carboxylic acids is 1. The maximum absolute atomic E-state index is 12.8. The number of carbonyl (C=O) groups excluding carboxylic acids is 3. The van der Waals surface area contributed by atoms with Gasteiger partial charge in [0.1, 0.15) is 11.5 Å². The summed E-state index contributed by atoms with van der Waals surface area (Å²) in [6.45, 7) is 0. The van der Waals surface area contributed by atoms with E-state index in [9.17, 15) is 19.5 Å². The Bertz CT molecular complexity index is 1140. The second-order valence-corrected chi connectivity index (χ2v) is 6.17. The molecule has 0 bridgehead atoms. The van der Waals surface area contributed by atoms with Gasteiger partial charge in [0, 0.05) is 11.8 Å². The number of benzene rings is 3. The highest BCUT2D eigenvalue weighted by atomic mass is 16.5. The van der Waals surface area contributed by atoms with E-state index < -0.39 is 17.8 Å². The third kappa shape index (κ3) is 2.95. The molecule has 1 aliphatic rings. The molecule has 0 radical (unpaired) electrons. The first-order valence-corrected chi connectivity index (χ1v) is 8.32. The third-order valence-corrected chi connectivity index (χ3v) is 4.29. The summed E-state index contributed by atoms with van der Waals surface area (Å²) in [6.07, 6.45) is 0. The van der Waals surface area contributed by atoms with Crippen LogP contribution >= 0.6 is 0 Å². The average molecular weight is 373 g/mol. The smallest absolute Gasteiger partial charge is 0.266 e. The number of fused-ring (bicyclic) bond motifs is 1. The first-order chi connectivity index (χ1) is 13.4. The fraction of sp³-hybridized carbons (Fsp3) is 0. The zero-order chi connectivity index (χ0) is 19.8. The topological polar surface area (TPSA) is 113 Å². The number of carboxylic acid groups (broad SMARTS) is 1. The molecule has 2 N–H and O–H groups in total. The average Bonchev–Trinajstić information content (AvgIpc) is 2.92. The Balaban J connectivity index is 1.67. The molecular weight excluding hydrogens is 360 g/mol. The number of hydrogen-bond donors (Lipinski definition) is 1.